The first-order valence-corrected chi connectivity index (χ1v) is 11.1. The van der Waals surface area contributed by atoms with Crippen LogP contribution in [0.25, 0.3) is 22.0 Å². The largest absolute Gasteiger partial charge is 0.462 e. The van der Waals surface area contributed by atoms with Crippen LogP contribution in [-0.2, 0) is 11.8 Å². The summed E-state index contributed by atoms with van der Waals surface area (Å²) in [6, 6.07) is 15.2. The van der Waals surface area contributed by atoms with Crippen molar-refractivity contribution in [1.82, 2.24) is 4.57 Å². The molecule has 0 radical (unpaired) electrons. The van der Waals surface area contributed by atoms with Gasteiger partial charge in [0.1, 0.15) is 16.3 Å². The van der Waals surface area contributed by atoms with E-state index in [1.807, 2.05) is 55.7 Å². The van der Waals surface area contributed by atoms with Gasteiger partial charge in [0.2, 0.25) is 0 Å². The standard InChI is InChI=1S/C24H21ClN2O3S/c1-4-30-24(29)21-18(15-7-5-14(2)6-8-15)13-31-23(21)26-22(28)20-11-16-9-10-17(25)12-19(16)27(20)3/h5-13H,4H2,1-3H3,(H,26,28). The molecule has 7 heteroatoms. The number of halogens is 1. The Bertz CT molecular complexity index is 1290. The maximum atomic E-state index is 13.1. The predicted octanol–water partition coefficient (Wildman–Crippen LogP) is 6.30. The van der Waals surface area contributed by atoms with Crippen LogP contribution in [0.1, 0.15) is 33.3 Å². The van der Waals surface area contributed by atoms with Crippen molar-refractivity contribution in [2.24, 2.45) is 7.05 Å². The van der Waals surface area contributed by atoms with Gasteiger partial charge in [0, 0.05) is 33.9 Å². The van der Waals surface area contributed by atoms with Gasteiger partial charge < -0.3 is 14.6 Å². The van der Waals surface area contributed by atoms with E-state index in [2.05, 4.69) is 5.32 Å². The van der Waals surface area contributed by atoms with Crippen LogP contribution < -0.4 is 5.32 Å². The number of nitrogens with zero attached hydrogens (tertiary/aromatic N) is 1. The Morgan fingerprint density at radius 1 is 1.13 bits per heavy atom. The first-order chi connectivity index (χ1) is 14.9. The lowest BCUT2D eigenvalue weighted by Gasteiger charge is -2.09. The molecule has 0 unspecified atom stereocenters. The van der Waals surface area contributed by atoms with E-state index in [-0.39, 0.29) is 12.5 Å². The zero-order valence-corrected chi connectivity index (χ0v) is 18.9. The topological polar surface area (TPSA) is 60.3 Å². The number of aromatic nitrogens is 1. The fraction of sp³-hybridized carbons (Fsp3) is 0.167. The summed E-state index contributed by atoms with van der Waals surface area (Å²) in [5.74, 6) is -0.767. The monoisotopic (exact) mass is 452 g/mol. The number of hydrogen-bond acceptors (Lipinski definition) is 4. The van der Waals surface area contributed by atoms with Gasteiger partial charge in [0.05, 0.1) is 6.61 Å². The number of anilines is 1. The Labute approximate surface area is 189 Å². The lowest BCUT2D eigenvalue weighted by Crippen LogP contribution is -2.17. The van der Waals surface area contributed by atoms with Gasteiger partial charge in [-0.15, -0.1) is 11.3 Å². The highest BCUT2D eigenvalue weighted by molar-refractivity contribution is 7.15. The summed E-state index contributed by atoms with van der Waals surface area (Å²) in [4.78, 5) is 25.9. The van der Waals surface area contributed by atoms with E-state index in [1.165, 1.54) is 11.3 Å². The molecule has 0 atom stereocenters. The maximum absolute atomic E-state index is 13.1. The van der Waals surface area contributed by atoms with Gasteiger partial charge in [0.15, 0.2) is 0 Å². The number of rotatable bonds is 5. The third kappa shape index (κ3) is 4.09. The Morgan fingerprint density at radius 3 is 2.58 bits per heavy atom. The molecule has 1 N–H and O–H groups in total. The van der Waals surface area contributed by atoms with Gasteiger partial charge in [-0.1, -0.05) is 47.5 Å². The summed E-state index contributed by atoms with van der Waals surface area (Å²) in [6.07, 6.45) is 0. The summed E-state index contributed by atoms with van der Waals surface area (Å²) in [5.41, 5.74) is 4.45. The number of aryl methyl sites for hydroxylation is 2. The molecule has 31 heavy (non-hydrogen) atoms. The minimum atomic E-state index is -0.460. The average Bonchev–Trinajstić information content (AvgIpc) is 3.30. The third-order valence-corrected chi connectivity index (χ3v) is 6.23. The molecular weight excluding hydrogens is 432 g/mol. The molecule has 2 aromatic carbocycles. The van der Waals surface area contributed by atoms with Crippen LogP contribution in [0, 0.1) is 6.92 Å². The summed E-state index contributed by atoms with van der Waals surface area (Å²) < 4.78 is 7.07. The number of carbonyl (C=O) groups excluding carboxylic acids is 2. The van der Waals surface area contributed by atoms with Crippen LogP contribution in [0.15, 0.2) is 53.9 Å². The number of nitrogens with one attached hydrogen (secondary N) is 1. The molecule has 0 spiro atoms. The van der Waals surface area contributed by atoms with Gasteiger partial charge >= 0.3 is 5.97 Å². The predicted molar refractivity (Wildman–Crippen MR) is 126 cm³/mol. The second-order valence-electron chi connectivity index (χ2n) is 7.19. The van der Waals surface area contributed by atoms with Crippen molar-refractivity contribution in [1.29, 1.82) is 0 Å². The molecule has 158 valence electrons. The summed E-state index contributed by atoms with van der Waals surface area (Å²) >= 11 is 7.41. The number of esters is 1. The molecule has 2 heterocycles. The number of fused-ring (bicyclic) bond motifs is 1. The second kappa shape index (κ2) is 8.57. The quantitative estimate of drug-likeness (QED) is 0.361. The highest BCUT2D eigenvalue weighted by atomic mass is 35.5. The van der Waals surface area contributed by atoms with Gasteiger partial charge in [-0.25, -0.2) is 4.79 Å². The number of carbonyl (C=O) groups is 2. The Hall–Kier alpha value is -3.09. The summed E-state index contributed by atoms with van der Waals surface area (Å²) in [6.45, 7) is 4.01. The molecule has 1 amide bonds. The van der Waals surface area contributed by atoms with Crippen molar-refractivity contribution in [3.8, 4) is 11.1 Å². The van der Waals surface area contributed by atoms with E-state index in [1.54, 1.807) is 23.6 Å². The minimum absolute atomic E-state index is 0.249. The molecular formula is C24H21ClN2O3S. The number of ether oxygens (including phenoxy) is 1. The Morgan fingerprint density at radius 2 is 1.87 bits per heavy atom. The van der Waals surface area contributed by atoms with E-state index in [4.69, 9.17) is 16.3 Å². The highest BCUT2D eigenvalue weighted by Gasteiger charge is 2.24. The number of benzene rings is 2. The van der Waals surface area contributed by atoms with E-state index in [0.29, 0.717) is 21.3 Å². The first-order valence-electron chi connectivity index (χ1n) is 9.81. The van der Waals surface area contributed by atoms with Crippen molar-refractivity contribution in [3.05, 3.63) is 75.8 Å². The molecule has 0 aliphatic heterocycles. The SMILES string of the molecule is CCOC(=O)c1c(-c2ccc(C)cc2)csc1NC(=O)c1cc2ccc(Cl)cc2n1C. The fourth-order valence-corrected chi connectivity index (χ4v) is 4.61. The molecule has 0 aliphatic rings. The van der Waals surface area contributed by atoms with Crippen LogP contribution in [0.5, 0.6) is 0 Å². The normalized spacial score (nSPS) is 11.0. The van der Waals surface area contributed by atoms with Gasteiger partial charge in [0.25, 0.3) is 5.91 Å². The molecule has 2 aromatic heterocycles. The van der Waals surface area contributed by atoms with Gasteiger partial charge in [-0.05, 0) is 37.6 Å². The van der Waals surface area contributed by atoms with E-state index in [9.17, 15) is 9.59 Å². The zero-order chi connectivity index (χ0) is 22.1. The average molecular weight is 453 g/mol. The first kappa shape index (κ1) is 21.2. The zero-order valence-electron chi connectivity index (χ0n) is 17.4. The maximum Gasteiger partial charge on any atom is 0.341 e. The Kier molecular flexibility index (Phi) is 5.85. The van der Waals surface area contributed by atoms with E-state index in [0.717, 1.165) is 27.6 Å². The van der Waals surface area contributed by atoms with E-state index >= 15 is 0 Å². The molecule has 4 aromatic rings. The summed E-state index contributed by atoms with van der Waals surface area (Å²) in [5, 5.41) is 6.75. The summed E-state index contributed by atoms with van der Waals surface area (Å²) in [7, 11) is 1.81. The molecule has 0 aliphatic carbocycles. The molecule has 0 saturated heterocycles. The van der Waals surface area contributed by atoms with Crippen LogP contribution in [0.3, 0.4) is 0 Å². The molecule has 0 saturated carbocycles. The van der Waals surface area contributed by atoms with Crippen LogP contribution >= 0.6 is 22.9 Å². The molecule has 5 nitrogen and oxygen atoms in total. The number of amides is 1. The van der Waals surface area contributed by atoms with Crippen molar-refractivity contribution in [2.45, 2.75) is 13.8 Å². The second-order valence-corrected chi connectivity index (χ2v) is 8.50. The van der Waals surface area contributed by atoms with Crippen molar-refractivity contribution < 1.29 is 14.3 Å². The van der Waals surface area contributed by atoms with Gasteiger partial charge in [-0.3, -0.25) is 4.79 Å². The van der Waals surface area contributed by atoms with Crippen molar-refractivity contribution in [2.75, 3.05) is 11.9 Å². The molecule has 0 fully saturated rings. The lowest BCUT2D eigenvalue weighted by atomic mass is 10.0. The van der Waals surface area contributed by atoms with E-state index < -0.39 is 5.97 Å². The smallest absolute Gasteiger partial charge is 0.341 e. The van der Waals surface area contributed by atoms with Gasteiger partial charge in [-0.2, -0.15) is 0 Å². The molecule has 0 bridgehead atoms. The van der Waals surface area contributed by atoms with Crippen LogP contribution in [0.2, 0.25) is 5.02 Å². The van der Waals surface area contributed by atoms with Crippen molar-refractivity contribution >= 4 is 50.7 Å². The van der Waals surface area contributed by atoms with Crippen LogP contribution in [0.4, 0.5) is 5.00 Å². The lowest BCUT2D eigenvalue weighted by molar-refractivity contribution is 0.0529. The third-order valence-electron chi connectivity index (χ3n) is 5.10. The molecule has 4 rings (SSSR count). The fourth-order valence-electron chi connectivity index (χ4n) is 3.49. The van der Waals surface area contributed by atoms with Crippen molar-refractivity contribution in [3.63, 3.8) is 0 Å². The highest BCUT2D eigenvalue weighted by Crippen LogP contribution is 2.37. The van der Waals surface area contributed by atoms with Crippen LogP contribution in [-0.4, -0.2) is 23.1 Å². The Balaban J connectivity index is 1.73. The number of thiophene rings is 1. The number of hydrogen-bond donors (Lipinski definition) is 1. The minimum Gasteiger partial charge on any atom is -0.462 e.